The number of carboxylic acids is 1. The number of para-hydroxylation sites is 1. The fourth-order valence-electron chi connectivity index (χ4n) is 1.71. The van der Waals surface area contributed by atoms with Crippen molar-refractivity contribution in [3.8, 4) is 5.75 Å². The average Bonchev–Trinajstić information content (AvgIpc) is 2.36. The maximum atomic E-state index is 12.3. The monoisotopic (exact) mass is 274 g/mol. The van der Waals surface area contributed by atoms with Crippen molar-refractivity contribution in [1.82, 2.24) is 0 Å². The third kappa shape index (κ3) is 3.89. The number of halogens is 2. The molecule has 3 unspecified atom stereocenters. The van der Waals surface area contributed by atoms with Crippen LogP contribution in [-0.4, -0.2) is 22.8 Å². The van der Waals surface area contributed by atoms with E-state index in [2.05, 4.69) is 4.74 Å². The van der Waals surface area contributed by atoms with E-state index >= 15 is 0 Å². The molecular weight excluding hydrogens is 258 g/mol. The van der Waals surface area contributed by atoms with E-state index in [1.165, 1.54) is 25.1 Å². The summed E-state index contributed by atoms with van der Waals surface area (Å²) in [7, 11) is 0. The third-order valence-corrected chi connectivity index (χ3v) is 3.13. The summed E-state index contributed by atoms with van der Waals surface area (Å²) in [6.07, 6.45) is -1.19. The van der Waals surface area contributed by atoms with Crippen molar-refractivity contribution in [2.24, 2.45) is 11.8 Å². The maximum absolute atomic E-state index is 12.3. The molecule has 1 rings (SSSR count). The number of rotatable bonds is 6. The number of aliphatic carboxylic acids is 1. The highest BCUT2D eigenvalue weighted by atomic mass is 19.3. The molecule has 1 aromatic carbocycles. The Labute approximate surface area is 109 Å². The Morgan fingerprint density at radius 3 is 2.37 bits per heavy atom. The van der Waals surface area contributed by atoms with Crippen LogP contribution < -0.4 is 4.74 Å². The SMILES string of the molecule is CC(C(=O)O)C(C)C(O)c1ccccc1OC(F)F. The molecular formula is C13H16F2O4. The molecule has 0 aromatic heterocycles. The number of carbonyl (C=O) groups is 1. The summed E-state index contributed by atoms with van der Waals surface area (Å²) in [6, 6.07) is 5.81. The molecule has 3 atom stereocenters. The molecule has 0 aliphatic rings. The van der Waals surface area contributed by atoms with Gasteiger partial charge in [0.05, 0.1) is 12.0 Å². The minimum Gasteiger partial charge on any atom is -0.481 e. The van der Waals surface area contributed by atoms with Crippen LogP contribution in [0.15, 0.2) is 24.3 Å². The van der Waals surface area contributed by atoms with Gasteiger partial charge < -0.3 is 14.9 Å². The molecule has 19 heavy (non-hydrogen) atoms. The minimum absolute atomic E-state index is 0.144. The summed E-state index contributed by atoms with van der Waals surface area (Å²) in [4.78, 5) is 10.9. The van der Waals surface area contributed by atoms with Gasteiger partial charge in [-0.25, -0.2) is 0 Å². The predicted molar refractivity (Wildman–Crippen MR) is 64.0 cm³/mol. The zero-order valence-corrected chi connectivity index (χ0v) is 10.6. The van der Waals surface area contributed by atoms with E-state index in [1.54, 1.807) is 13.0 Å². The van der Waals surface area contributed by atoms with Gasteiger partial charge in [0, 0.05) is 5.56 Å². The van der Waals surface area contributed by atoms with Gasteiger partial charge in [-0.2, -0.15) is 8.78 Å². The number of ether oxygens (including phenoxy) is 1. The van der Waals surface area contributed by atoms with E-state index in [0.29, 0.717) is 0 Å². The molecule has 0 aliphatic carbocycles. The smallest absolute Gasteiger partial charge is 0.387 e. The fraction of sp³-hybridized carbons (Fsp3) is 0.462. The molecule has 0 fully saturated rings. The number of hydrogen-bond donors (Lipinski definition) is 2. The van der Waals surface area contributed by atoms with E-state index in [1.807, 2.05) is 0 Å². The minimum atomic E-state index is -3.00. The third-order valence-electron chi connectivity index (χ3n) is 3.13. The van der Waals surface area contributed by atoms with Crippen molar-refractivity contribution in [1.29, 1.82) is 0 Å². The van der Waals surface area contributed by atoms with E-state index in [9.17, 15) is 18.7 Å². The van der Waals surface area contributed by atoms with E-state index in [-0.39, 0.29) is 11.3 Å². The number of hydrogen-bond acceptors (Lipinski definition) is 3. The summed E-state index contributed by atoms with van der Waals surface area (Å²) in [5, 5.41) is 19.0. The second kappa shape index (κ2) is 6.47. The Morgan fingerprint density at radius 2 is 1.84 bits per heavy atom. The summed E-state index contributed by atoms with van der Waals surface area (Å²) in [5.74, 6) is -2.65. The molecule has 6 heteroatoms. The van der Waals surface area contributed by atoms with Crippen LogP contribution in [0.25, 0.3) is 0 Å². The quantitative estimate of drug-likeness (QED) is 0.837. The predicted octanol–water partition coefficient (Wildman–Crippen LogP) is 2.68. The number of benzene rings is 1. The van der Waals surface area contributed by atoms with E-state index in [4.69, 9.17) is 5.11 Å². The van der Waals surface area contributed by atoms with Crippen LogP contribution in [0.4, 0.5) is 8.78 Å². The molecule has 2 N–H and O–H groups in total. The van der Waals surface area contributed by atoms with Crippen LogP contribution in [0.5, 0.6) is 5.75 Å². The molecule has 0 saturated carbocycles. The lowest BCUT2D eigenvalue weighted by molar-refractivity contribution is -0.144. The molecule has 0 bridgehead atoms. The lowest BCUT2D eigenvalue weighted by Gasteiger charge is -2.24. The van der Waals surface area contributed by atoms with Gasteiger partial charge in [-0.3, -0.25) is 4.79 Å². The van der Waals surface area contributed by atoms with Gasteiger partial charge in [-0.1, -0.05) is 32.0 Å². The Hall–Kier alpha value is -1.69. The molecule has 0 radical (unpaired) electrons. The Balaban J connectivity index is 2.98. The molecule has 106 valence electrons. The second-order valence-corrected chi connectivity index (χ2v) is 4.35. The second-order valence-electron chi connectivity index (χ2n) is 4.35. The molecule has 0 aliphatic heterocycles. The van der Waals surface area contributed by atoms with Crippen molar-refractivity contribution in [2.45, 2.75) is 26.6 Å². The van der Waals surface area contributed by atoms with Gasteiger partial charge in [0.1, 0.15) is 5.75 Å². The molecule has 0 saturated heterocycles. The van der Waals surface area contributed by atoms with Crippen LogP contribution in [0.1, 0.15) is 25.5 Å². The molecule has 0 spiro atoms. The van der Waals surface area contributed by atoms with Gasteiger partial charge in [0.2, 0.25) is 0 Å². The molecule has 0 amide bonds. The number of carboxylic acid groups (broad SMARTS) is 1. The summed E-state index contributed by atoms with van der Waals surface area (Å²) in [5.41, 5.74) is 0.156. The lowest BCUT2D eigenvalue weighted by Crippen LogP contribution is -2.24. The van der Waals surface area contributed by atoms with Crippen molar-refractivity contribution in [3.05, 3.63) is 29.8 Å². The topological polar surface area (TPSA) is 66.8 Å². The fourth-order valence-corrected chi connectivity index (χ4v) is 1.71. The van der Waals surface area contributed by atoms with Crippen LogP contribution in [-0.2, 0) is 4.79 Å². The standard InChI is InChI=1S/C13H16F2O4/c1-7(8(2)12(17)18)11(16)9-5-3-4-6-10(9)19-13(14)15/h3-8,11,13,16H,1-2H3,(H,17,18). The van der Waals surface area contributed by atoms with Crippen LogP contribution in [0.3, 0.4) is 0 Å². The highest BCUT2D eigenvalue weighted by molar-refractivity contribution is 5.70. The van der Waals surface area contributed by atoms with Gasteiger partial charge >= 0.3 is 12.6 Å². The Bertz CT molecular complexity index is 436. The van der Waals surface area contributed by atoms with Gasteiger partial charge in [0.15, 0.2) is 0 Å². The van der Waals surface area contributed by atoms with Gasteiger partial charge in [0.25, 0.3) is 0 Å². The lowest BCUT2D eigenvalue weighted by atomic mass is 9.87. The van der Waals surface area contributed by atoms with Crippen molar-refractivity contribution in [3.63, 3.8) is 0 Å². The van der Waals surface area contributed by atoms with E-state index in [0.717, 1.165) is 0 Å². The number of aliphatic hydroxyl groups excluding tert-OH is 1. The van der Waals surface area contributed by atoms with Crippen molar-refractivity contribution >= 4 is 5.97 Å². The largest absolute Gasteiger partial charge is 0.481 e. The first-order valence-corrected chi connectivity index (χ1v) is 5.79. The summed E-state index contributed by atoms with van der Waals surface area (Å²) in [6.45, 7) is -0.00404. The normalized spacial score (nSPS) is 15.9. The van der Waals surface area contributed by atoms with Crippen molar-refractivity contribution in [2.75, 3.05) is 0 Å². The number of alkyl halides is 2. The molecule has 0 heterocycles. The first kappa shape index (κ1) is 15.4. The summed E-state index contributed by atoms with van der Waals surface area (Å²) < 4.78 is 28.8. The molecule has 1 aromatic rings. The zero-order valence-electron chi connectivity index (χ0n) is 10.6. The highest BCUT2D eigenvalue weighted by Crippen LogP contribution is 2.34. The van der Waals surface area contributed by atoms with Crippen LogP contribution in [0.2, 0.25) is 0 Å². The summed E-state index contributed by atoms with van der Waals surface area (Å²) >= 11 is 0. The maximum Gasteiger partial charge on any atom is 0.387 e. The highest BCUT2D eigenvalue weighted by Gasteiger charge is 2.29. The number of aliphatic hydroxyl groups is 1. The van der Waals surface area contributed by atoms with E-state index < -0.39 is 30.5 Å². The van der Waals surface area contributed by atoms with Gasteiger partial charge in [-0.15, -0.1) is 0 Å². The Morgan fingerprint density at radius 1 is 1.26 bits per heavy atom. The van der Waals surface area contributed by atoms with Crippen LogP contribution >= 0.6 is 0 Å². The Kier molecular flexibility index (Phi) is 5.23. The molecule has 4 nitrogen and oxygen atoms in total. The van der Waals surface area contributed by atoms with Crippen molar-refractivity contribution < 1.29 is 28.5 Å². The first-order chi connectivity index (χ1) is 8.84. The first-order valence-electron chi connectivity index (χ1n) is 5.79. The van der Waals surface area contributed by atoms with Crippen LogP contribution in [0, 0.1) is 11.8 Å². The zero-order chi connectivity index (χ0) is 14.6. The van der Waals surface area contributed by atoms with Gasteiger partial charge in [-0.05, 0) is 12.0 Å². The average molecular weight is 274 g/mol.